The molecule has 1 aliphatic rings. The zero-order valence-corrected chi connectivity index (χ0v) is 16.2. The summed E-state index contributed by atoms with van der Waals surface area (Å²) in [5, 5.41) is 3.93. The molecule has 1 atom stereocenters. The molecule has 2 heterocycles. The Kier molecular flexibility index (Phi) is 6.13. The summed E-state index contributed by atoms with van der Waals surface area (Å²) in [6.45, 7) is 4.67. The van der Waals surface area contributed by atoms with Crippen molar-refractivity contribution in [3.05, 3.63) is 40.2 Å². The monoisotopic (exact) mass is 372 g/mol. The molecule has 7 nitrogen and oxygen atoms in total. The molecular weight excluding hydrogens is 344 g/mol. The average molecular weight is 372 g/mol. The minimum Gasteiger partial charge on any atom is -0.376 e. The van der Waals surface area contributed by atoms with Crippen LogP contribution in [0.3, 0.4) is 0 Å². The number of nitrogens with one attached hydrogen (secondary N) is 2. The molecule has 7 heteroatoms. The van der Waals surface area contributed by atoms with Gasteiger partial charge in [-0.2, -0.15) is 0 Å². The van der Waals surface area contributed by atoms with Crippen molar-refractivity contribution in [2.45, 2.75) is 25.9 Å². The van der Waals surface area contributed by atoms with Gasteiger partial charge in [-0.25, -0.2) is 4.79 Å². The first-order chi connectivity index (χ1) is 12.9. The number of nitrogens with zero attached hydrogens (tertiary/aromatic N) is 2. The first-order valence-electron chi connectivity index (χ1n) is 9.38. The number of pyridine rings is 1. The number of aromatic nitrogens is 1. The van der Waals surface area contributed by atoms with E-state index in [1.165, 1.54) is 0 Å². The van der Waals surface area contributed by atoms with Gasteiger partial charge in [-0.15, -0.1) is 0 Å². The largest absolute Gasteiger partial charge is 0.376 e. The van der Waals surface area contributed by atoms with Crippen LogP contribution in [0, 0.1) is 6.92 Å². The summed E-state index contributed by atoms with van der Waals surface area (Å²) in [7, 11) is 3.98. The fourth-order valence-corrected chi connectivity index (χ4v) is 3.35. The molecule has 2 amide bonds. The van der Waals surface area contributed by atoms with Gasteiger partial charge in [0, 0.05) is 43.4 Å². The lowest BCUT2D eigenvalue weighted by atomic mass is 10.1. The molecular formula is C20H28N4O3. The van der Waals surface area contributed by atoms with Crippen molar-refractivity contribution in [2.24, 2.45) is 0 Å². The van der Waals surface area contributed by atoms with Crippen LogP contribution >= 0.6 is 0 Å². The molecule has 0 saturated carbocycles. The number of H-pyrrole nitrogens is 1. The van der Waals surface area contributed by atoms with Crippen LogP contribution in [0.1, 0.15) is 18.4 Å². The van der Waals surface area contributed by atoms with Crippen LogP contribution in [0.4, 0.5) is 10.5 Å². The fraction of sp³-hybridized carbons (Fsp3) is 0.500. The van der Waals surface area contributed by atoms with Gasteiger partial charge in [-0.3, -0.25) is 4.79 Å². The van der Waals surface area contributed by atoms with Crippen LogP contribution in [0.15, 0.2) is 29.1 Å². The molecule has 2 aromatic rings. The Morgan fingerprint density at radius 2 is 2.11 bits per heavy atom. The van der Waals surface area contributed by atoms with E-state index in [9.17, 15) is 9.59 Å². The zero-order valence-electron chi connectivity index (χ0n) is 16.2. The van der Waals surface area contributed by atoms with E-state index in [0.717, 1.165) is 42.5 Å². The second-order valence-electron chi connectivity index (χ2n) is 7.39. The van der Waals surface area contributed by atoms with E-state index in [1.807, 2.05) is 33.2 Å². The number of carbonyl (C=O) groups is 1. The lowest BCUT2D eigenvalue weighted by Gasteiger charge is -2.27. The van der Waals surface area contributed by atoms with Crippen molar-refractivity contribution in [3.8, 4) is 0 Å². The van der Waals surface area contributed by atoms with E-state index in [2.05, 4.69) is 15.2 Å². The Balaban J connectivity index is 1.75. The van der Waals surface area contributed by atoms with Crippen molar-refractivity contribution >= 4 is 22.6 Å². The third-order valence-electron chi connectivity index (χ3n) is 4.85. The Morgan fingerprint density at radius 1 is 1.30 bits per heavy atom. The second-order valence-corrected chi connectivity index (χ2v) is 7.39. The van der Waals surface area contributed by atoms with Crippen LogP contribution in [0.25, 0.3) is 10.9 Å². The molecule has 146 valence electrons. The average Bonchev–Trinajstić information content (AvgIpc) is 3.11. The van der Waals surface area contributed by atoms with Gasteiger partial charge in [0.05, 0.1) is 11.6 Å². The number of amides is 2. The third kappa shape index (κ3) is 5.08. The quantitative estimate of drug-likeness (QED) is 0.816. The molecule has 0 aliphatic carbocycles. The van der Waals surface area contributed by atoms with E-state index in [-0.39, 0.29) is 17.7 Å². The Hall–Kier alpha value is -2.38. The summed E-state index contributed by atoms with van der Waals surface area (Å²) in [5.74, 6) is 0. The molecule has 27 heavy (non-hydrogen) atoms. The van der Waals surface area contributed by atoms with Crippen molar-refractivity contribution in [2.75, 3.05) is 45.7 Å². The van der Waals surface area contributed by atoms with Crippen molar-refractivity contribution < 1.29 is 9.53 Å². The lowest BCUT2D eigenvalue weighted by molar-refractivity contribution is 0.0820. The number of anilines is 1. The standard InChI is InChI=1S/C20H28N4O3/c1-14-11-19(25)22-18-12-15(6-7-17(14)18)21-20(26)24(9-8-23(2)3)13-16-5-4-10-27-16/h6-7,11-12,16H,4-5,8-10,13H2,1-3H3,(H,21,26)(H,22,25)/t16-/m1/s1. The van der Waals surface area contributed by atoms with Gasteiger partial charge in [-0.1, -0.05) is 6.07 Å². The van der Waals surface area contributed by atoms with E-state index in [0.29, 0.717) is 18.8 Å². The molecule has 1 aromatic heterocycles. The van der Waals surface area contributed by atoms with Gasteiger partial charge in [0.2, 0.25) is 5.56 Å². The third-order valence-corrected chi connectivity index (χ3v) is 4.85. The van der Waals surface area contributed by atoms with E-state index in [4.69, 9.17) is 4.74 Å². The molecule has 1 saturated heterocycles. The molecule has 0 unspecified atom stereocenters. The summed E-state index contributed by atoms with van der Waals surface area (Å²) in [6.07, 6.45) is 2.14. The molecule has 1 fully saturated rings. The maximum Gasteiger partial charge on any atom is 0.321 e. The normalized spacial score (nSPS) is 16.8. The van der Waals surface area contributed by atoms with Gasteiger partial charge < -0.3 is 24.8 Å². The summed E-state index contributed by atoms with van der Waals surface area (Å²) >= 11 is 0. The molecule has 3 rings (SSSR count). The number of hydrogen-bond acceptors (Lipinski definition) is 4. The van der Waals surface area contributed by atoms with Crippen molar-refractivity contribution in [1.29, 1.82) is 0 Å². The molecule has 1 aliphatic heterocycles. The summed E-state index contributed by atoms with van der Waals surface area (Å²) in [6, 6.07) is 7.01. The molecule has 0 spiro atoms. The number of likely N-dealkylation sites (N-methyl/N-ethyl adjacent to an activating group) is 1. The highest BCUT2D eigenvalue weighted by atomic mass is 16.5. The number of carbonyl (C=O) groups excluding carboxylic acids is 1. The van der Waals surface area contributed by atoms with Gasteiger partial charge in [0.15, 0.2) is 0 Å². The first-order valence-corrected chi connectivity index (χ1v) is 9.38. The SMILES string of the molecule is Cc1cc(=O)[nH]c2cc(NC(=O)N(CCN(C)C)C[C@H]3CCCO3)ccc12. The van der Waals surface area contributed by atoms with Gasteiger partial charge in [0.1, 0.15) is 0 Å². The van der Waals surface area contributed by atoms with E-state index >= 15 is 0 Å². The van der Waals surface area contributed by atoms with E-state index < -0.39 is 0 Å². The van der Waals surface area contributed by atoms with E-state index in [1.54, 1.807) is 17.0 Å². The number of rotatable bonds is 6. The Bertz CT molecular complexity index is 856. The number of aryl methyl sites for hydroxylation is 1. The number of hydrogen-bond donors (Lipinski definition) is 2. The molecule has 1 aromatic carbocycles. The summed E-state index contributed by atoms with van der Waals surface area (Å²) in [4.78, 5) is 31.3. The minimum atomic E-state index is -0.151. The predicted molar refractivity (Wildman–Crippen MR) is 107 cm³/mol. The van der Waals surface area contributed by atoms with Crippen LogP contribution < -0.4 is 10.9 Å². The fourth-order valence-electron chi connectivity index (χ4n) is 3.35. The van der Waals surface area contributed by atoms with Crippen LogP contribution in [0.2, 0.25) is 0 Å². The zero-order chi connectivity index (χ0) is 19.4. The topological polar surface area (TPSA) is 77.7 Å². The predicted octanol–water partition coefficient (Wildman–Crippen LogP) is 2.41. The van der Waals surface area contributed by atoms with Crippen LogP contribution in [-0.2, 0) is 4.74 Å². The van der Waals surface area contributed by atoms with Gasteiger partial charge in [-0.05, 0) is 51.6 Å². The highest BCUT2D eigenvalue weighted by molar-refractivity contribution is 5.93. The van der Waals surface area contributed by atoms with Crippen molar-refractivity contribution in [3.63, 3.8) is 0 Å². The minimum absolute atomic E-state index is 0.105. The smallest absolute Gasteiger partial charge is 0.321 e. The number of aromatic amines is 1. The number of fused-ring (bicyclic) bond motifs is 1. The lowest BCUT2D eigenvalue weighted by Crippen LogP contribution is -2.43. The molecule has 2 N–H and O–H groups in total. The second kappa shape index (κ2) is 8.54. The molecule has 0 radical (unpaired) electrons. The number of benzene rings is 1. The highest BCUT2D eigenvalue weighted by Gasteiger charge is 2.22. The maximum absolute atomic E-state index is 12.9. The Labute approximate surface area is 159 Å². The first kappa shape index (κ1) is 19.4. The number of ether oxygens (including phenoxy) is 1. The highest BCUT2D eigenvalue weighted by Crippen LogP contribution is 2.20. The van der Waals surface area contributed by atoms with Gasteiger partial charge in [0.25, 0.3) is 0 Å². The van der Waals surface area contributed by atoms with Crippen LogP contribution in [0.5, 0.6) is 0 Å². The summed E-state index contributed by atoms with van der Waals surface area (Å²) < 4.78 is 5.70. The molecule has 0 bridgehead atoms. The van der Waals surface area contributed by atoms with Gasteiger partial charge >= 0.3 is 6.03 Å². The van der Waals surface area contributed by atoms with Crippen LogP contribution in [-0.4, -0.2) is 67.3 Å². The summed E-state index contributed by atoms with van der Waals surface area (Å²) in [5.41, 5.74) is 2.15. The number of urea groups is 1. The Morgan fingerprint density at radius 3 is 2.81 bits per heavy atom. The van der Waals surface area contributed by atoms with Crippen molar-refractivity contribution in [1.82, 2.24) is 14.8 Å². The maximum atomic E-state index is 12.9.